The standard InChI is InChI=1S/C14H21NO4/c1-11-12(5-3-6-13(11)16)14(17)15-7-4-8-19-10-9-18-2/h3,5-6,16H,4,7-10H2,1-2H3,(H,15,17). The molecular weight excluding hydrogens is 246 g/mol. The van der Waals surface area contributed by atoms with E-state index in [4.69, 9.17) is 9.47 Å². The van der Waals surface area contributed by atoms with E-state index in [9.17, 15) is 9.90 Å². The van der Waals surface area contributed by atoms with Gasteiger partial charge in [-0.3, -0.25) is 4.79 Å². The van der Waals surface area contributed by atoms with Crippen LogP contribution in [-0.4, -0.2) is 44.5 Å². The summed E-state index contributed by atoms with van der Waals surface area (Å²) in [5.74, 6) is -0.0409. The number of methoxy groups -OCH3 is 1. The first kappa shape index (κ1) is 15.5. The van der Waals surface area contributed by atoms with Crippen molar-refractivity contribution in [2.45, 2.75) is 13.3 Å². The second kappa shape index (κ2) is 8.50. The van der Waals surface area contributed by atoms with Gasteiger partial charge in [0.1, 0.15) is 5.75 Å². The fraction of sp³-hybridized carbons (Fsp3) is 0.500. The number of hydrogen-bond acceptors (Lipinski definition) is 4. The molecular formula is C14H21NO4. The number of phenolic OH excluding ortho intramolecular Hbond substituents is 1. The van der Waals surface area contributed by atoms with Crippen LogP contribution in [0.4, 0.5) is 0 Å². The van der Waals surface area contributed by atoms with Crippen molar-refractivity contribution in [1.29, 1.82) is 0 Å². The molecule has 0 saturated carbocycles. The largest absolute Gasteiger partial charge is 0.508 e. The highest BCUT2D eigenvalue weighted by Gasteiger charge is 2.10. The van der Waals surface area contributed by atoms with Gasteiger partial charge in [0.2, 0.25) is 0 Å². The van der Waals surface area contributed by atoms with Gasteiger partial charge in [-0.2, -0.15) is 0 Å². The Morgan fingerprint density at radius 3 is 2.84 bits per heavy atom. The lowest BCUT2D eigenvalue weighted by molar-refractivity contribution is 0.0688. The molecule has 1 aromatic rings. The van der Waals surface area contributed by atoms with Crippen molar-refractivity contribution in [3.8, 4) is 5.75 Å². The first-order valence-electron chi connectivity index (χ1n) is 6.30. The van der Waals surface area contributed by atoms with Crippen molar-refractivity contribution in [1.82, 2.24) is 5.32 Å². The Labute approximate surface area is 113 Å². The van der Waals surface area contributed by atoms with Crippen LogP contribution in [0.25, 0.3) is 0 Å². The molecule has 0 fully saturated rings. The molecule has 5 nitrogen and oxygen atoms in total. The van der Waals surface area contributed by atoms with Crippen LogP contribution in [0.15, 0.2) is 18.2 Å². The van der Waals surface area contributed by atoms with Crippen molar-refractivity contribution in [3.05, 3.63) is 29.3 Å². The molecule has 0 aromatic heterocycles. The maximum absolute atomic E-state index is 11.9. The average molecular weight is 267 g/mol. The maximum atomic E-state index is 11.9. The third kappa shape index (κ3) is 5.28. The van der Waals surface area contributed by atoms with E-state index in [2.05, 4.69) is 5.32 Å². The van der Waals surface area contributed by atoms with Crippen LogP contribution in [0.1, 0.15) is 22.3 Å². The molecule has 0 unspecified atom stereocenters. The third-order valence-corrected chi connectivity index (χ3v) is 2.73. The highest BCUT2D eigenvalue weighted by Crippen LogP contribution is 2.19. The zero-order valence-electron chi connectivity index (χ0n) is 11.4. The molecule has 0 bridgehead atoms. The minimum Gasteiger partial charge on any atom is -0.508 e. The Bertz CT molecular complexity index is 406. The van der Waals surface area contributed by atoms with Gasteiger partial charge in [0.05, 0.1) is 13.2 Å². The average Bonchev–Trinajstić information content (AvgIpc) is 2.40. The lowest BCUT2D eigenvalue weighted by Gasteiger charge is -2.09. The number of carbonyl (C=O) groups excluding carboxylic acids is 1. The predicted molar refractivity (Wildman–Crippen MR) is 72.5 cm³/mol. The highest BCUT2D eigenvalue weighted by molar-refractivity contribution is 5.96. The Hall–Kier alpha value is -1.59. The SMILES string of the molecule is COCCOCCCNC(=O)c1cccc(O)c1C. The minimum atomic E-state index is -0.176. The van der Waals surface area contributed by atoms with Crippen LogP contribution in [0.5, 0.6) is 5.75 Å². The van der Waals surface area contributed by atoms with Gasteiger partial charge in [0.25, 0.3) is 5.91 Å². The van der Waals surface area contributed by atoms with Crippen molar-refractivity contribution >= 4 is 5.91 Å². The predicted octanol–water partition coefficient (Wildman–Crippen LogP) is 1.48. The molecule has 1 amide bonds. The van der Waals surface area contributed by atoms with Gasteiger partial charge < -0.3 is 19.9 Å². The van der Waals surface area contributed by atoms with Gasteiger partial charge in [-0.25, -0.2) is 0 Å². The summed E-state index contributed by atoms with van der Waals surface area (Å²) in [4.78, 5) is 11.9. The van der Waals surface area contributed by atoms with E-state index in [0.29, 0.717) is 37.5 Å². The van der Waals surface area contributed by atoms with Gasteiger partial charge in [-0.1, -0.05) is 6.07 Å². The number of rotatable bonds is 8. The topological polar surface area (TPSA) is 67.8 Å². The Kier molecular flexibility index (Phi) is 6.92. The van der Waals surface area contributed by atoms with Gasteiger partial charge >= 0.3 is 0 Å². The number of benzene rings is 1. The molecule has 1 rings (SSSR count). The lowest BCUT2D eigenvalue weighted by atomic mass is 10.1. The molecule has 0 aliphatic carbocycles. The van der Waals surface area contributed by atoms with E-state index >= 15 is 0 Å². The summed E-state index contributed by atoms with van der Waals surface area (Å²) < 4.78 is 10.1. The van der Waals surface area contributed by atoms with Gasteiger partial charge in [0.15, 0.2) is 0 Å². The molecule has 1 aromatic carbocycles. The summed E-state index contributed by atoms with van der Waals surface area (Å²) in [6, 6.07) is 4.92. The van der Waals surface area contributed by atoms with Crippen molar-refractivity contribution < 1.29 is 19.4 Å². The number of phenols is 1. The monoisotopic (exact) mass is 267 g/mol. The zero-order valence-corrected chi connectivity index (χ0v) is 11.4. The fourth-order valence-electron chi connectivity index (χ4n) is 1.59. The molecule has 0 atom stereocenters. The first-order chi connectivity index (χ1) is 9.16. The number of ether oxygens (including phenoxy) is 2. The van der Waals surface area contributed by atoms with E-state index in [0.717, 1.165) is 6.42 Å². The summed E-state index contributed by atoms with van der Waals surface area (Å²) in [6.45, 7) is 3.99. The van der Waals surface area contributed by atoms with Crippen LogP contribution in [-0.2, 0) is 9.47 Å². The normalized spacial score (nSPS) is 10.4. The molecule has 2 N–H and O–H groups in total. The number of aromatic hydroxyl groups is 1. The minimum absolute atomic E-state index is 0.135. The first-order valence-corrected chi connectivity index (χ1v) is 6.30. The number of carbonyl (C=O) groups is 1. The summed E-state index contributed by atoms with van der Waals surface area (Å²) >= 11 is 0. The molecule has 0 aliphatic heterocycles. The molecule has 0 spiro atoms. The molecule has 19 heavy (non-hydrogen) atoms. The number of nitrogens with one attached hydrogen (secondary N) is 1. The Morgan fingerprint density at radius 1 is 1.32 bits per heavy atom. The Balaban J connectivity index is 2.26. The van der Waals surface area contributed by atoms with Crippen LogP contribution < -0.4 is 5.32 Å². The second-order valence-electron chi connectivity index (χ2n) is 4.16. The van der Waals surface area contributed by atoms with Crippen molar-refractivity contribution in [2.24, 2.45) is 0 Å². The van der Waals surface area contributed by atoms with Gasteiger partial charge in [-0.05, 0) is 25.5 Å². The highest BCUT2D eigenvalue weighted by atomic mass is 16.5. The zero-order chi connectivity index (χ0) is 14.1. The molecule has 106 valence electrons. The van der Waals surface area contributed by atoms with Gasteiger partial charge in [-0.15, -0.1) is 0 Å². The summed E-state index contributed by atoms with van der Waals surface area (Å²) in [5, 5.41) is 12.3. The Morgan fingerprint density at radius 2 is 2.11 bits per heavy atom. The third-order valence-electron chi connectivity index (χ3n) is 2.73. The van der Waals surface area contributed by atoms with E-state index in [1.807, 2.05) is 0 Å². The smallest absolute Gasteiger partial charge is 0.251 e. The number of amides is 1. The van der Waals surface area contributed by atoms with Crippen molar-refractivity contribution in [3.63, 3.8) is 0 Å². The second-order valence-corrected chi connectivity index (χ2v) is 4.16. The summed E-state index contributed by atoms with van der Waals surface area (Å²) in [7, 11) is 1.63. The summed E-state index contributed by atoms with van der Waals surface area (Å²) in [5.41, 5.74) is 1.09. The van der Waals surface area contributed by atoms with E-state index in [1.165, 1.54) is 0 Å². The number of hydrogen-bond donors (Lipinski definition) is 2. The van der Waals surface area contributed by atoms with Crippen LogP contribution in [0, 0.1) is 6.92 Å². The quantitative estimate of drug-likeness (QED) is 0.700. The maximum Gasteiger partial charge on any atom is 0.251 e. The van der Waals surface area contributed by atoms with E-state index in [-0.39, 0.29) is 11.7 Å². The van der Waals surface area contributed by atoms with Crippen molar-refractivity contribution in [2.75, 3.05) is 33.5 Å². The van der Waals surface area contributed by atoms with Crippen LogP contribution in [0.2, 0.25) is 0 Å². The fourth-order valence-corrected chi connectivity index (χ4v) is 1.59. The van der Waals surface area contributed by atoms with E-state index < -0.39 is 0 Å². The van der Waals surface area contributed by atoms with Crippen LogP contribution >= 0.6 is 0 Å². The lowest BCUT2D eigenvalue weighted by Crippen LogP contribution is -2.26. The molecule has 0 heterocycles. The molecule has 0 radical (unpaired) electrons. The van der Waals surface area contributed by atoms with Gasteiger partial charge in [0, 0.05) is 31.4 Å². The molecule has 5 heteroatoms. The summed E-state index contributed by atoms with van der Waals surface area (Å²) in [6.07, 6.45) is 0.743. The molecule has 0 saturated heterocycles. The van der Waals surface area contributed by atoms with Crippen LogP contribution in [0.3, 0.4) is 0 Å². The molecule has 0 aliphatic rings. The van der Waals surface area contributed by atoms with E-state index in [1.54, 1.807) is 32.2 Å².